The third-order valence-corrected chi connectivity index (χ3v) is 7.97. The lowest BCUT2D eigenvalue weighted by molar-refractivity contribution is -0.324. The number of nitrogens with two attached hydrogens (primary N) is 6. The Morgan fingerprint density at radius 3 is 1.80 bits per heavy atom. The molecule has 1 aliphatic heterocycles. The molecule has 2 fully saturated rings. The number of aliphatic hydroxyl groups is 6. The zero-order valence-corrected chi connectivity index (χ0v) is 27.2. The van der Waals surface area contributed by atoms with Crippen molar-refractivity contribution in [1.82, 2.24) is 10.6 Å². The zero-order chi connectivity index (χ0) is 37.7. The second-order valence-corrected chi connectivity index (χ2v) is 12.0. The molecule has 1 aliphatic carbocycles. The van der Waals surface area contributed by atoms with Gasteiger partial charge in [0.1, 0.15) is 48.8 Å². The lowest BCUT2D eigenvalue weighted by Crippen LogP contribution is -2.68. The topological polar surface area (TPSA) is 419 Å². The van der Waals surface area contributed by atoms with Gasteiger partial charge < -0.3 is 89.3 Å². The van der Waals surface area contributed by atoms with E-state index in [4.69, 9.17) is 53.3 Å². The summed E-state index contributed by atoms with van der Waals surface area (Å²) in [6, 6.07) is -2.58. The first kappa shape index (κ1) is 42.7. The van der Waals surface area contributed by atoms with Crippen molar-refractivity contribution in [2.24, 2.45) is 39.4 Å². The van der Waals surface area contributed by atoms with Crippen LogP contribution >= 0.6 is 0 Å². The summed E-state index contributed by atoms with van der Waals surface area (Å²) in [6.07, 6.45) is -20.0. The first-order valence-electron chi connectivity index (χ1n) is 15.9. The Morgan fingerprint density at radius 2 is 1.28 bits per heavy atom. The molecule has 0 bridgehead atoms. The minimum Gasteiger partial charge on any atom is -0.441 e. The highest BCUT2D eigenvalue weighted by atomic mass is 16.7. The fourth-order valence-electron chi connectivity index (χ4n) is 5.47. The molecule has 0 aromatic heterocycles. The molecular weight excluding hydrogens is 674 g/mol. The Morgan fingerprint density at radius 1 is 0.760 bits per heavy atom. The maximum absolute atomic E-state index is 12.6. The van der Waals surface area contributed by atoms with E-state index in [-0.39, 0.29) is 24.8 Å². The van der Waals surface area contributed by atoms with E-state index in [2.05, 4.69) is 15.6 Å². The summed E-state index contributed by atoms with van der Waals surface area (Å²) in [7, 11) is 0. The Hall–Kier alpha value is -3.49. The molecule has 23 heteroatoms. The molecule has 0 aromatic carbocycles. The van der Waals surface area contributed by atoms with Gasteiger partial charge in [-0.1, -0.05) is 0 Å². The van der Waals surface area contributed by atoms with Crippen molar-refractivity contribution in [3.63, 3.8) is 0 Å². The third kappa shape index (κ3) is 12.7. The van der Waals surface area contributed by atoms with Gasteiger partial charge in [0.25, 0.3) is 0 Å². The SMILES string of the molecule is NCCCC(N)CC(=O)NCCCC(N)CC(=O)NC(N)=N[C@H]1[C@H](O)[C@@H](CO)OC(OC2C(O)C(OC(N)=O)C(O)C(OC(N)=O)C2O)[C@H]1O. The van der Waals surface area contributed by atoms with Crippen LogP contribution in [0.15, 0.2) is 4.99 Å². The molecule has 7 unspecified atom stereocenters. The quantitative estimate of drug-likeness (QED) is 0.0376. The average Bonchev–Trinajstić information content (AvgIpc) is 3.03. The molecule has 0 radical (unpaired) electrons. The highest BCUT2D eigenvalue weighted by Crippen LogP contribution is 2.32. The first-order valence-corrected chi connectivity index (χ1v) is 15.9. The van der Waals surface area contributed by atoms with E-state index in [9.17, 15) is 49.8 Å². The number of guanidine groups is 1. The monoisotopic (exact) mass is 725 g/mol. The molecule has 11 atom stereocenters. The highest BCUT2D eigenvalue weighted by Gasteiger charge is 2.56. The van der Waals surface area contributed by atoms with Crippen LogP contribution in [0, 0.1) is 0 Å². The molecule has 20 N–H and O–H groups in total. The molecule has 2 rings (SSSR count). The molecule has 288 valence electrons. The molecule has 1 heterocycles. The van der Waals surface area contributed by atoms with Crippen LogP contribution in [0.1, 0.15) is 38.5 Å². The number of nitrogens with one attached hydrogen (secondary N) is 2. The van der Waals surface area contributed by atoms with Crippen LogP contribution in [0.2, 0.25) is 0 Å². The minimum absolute atomic E-state index is 0.156. The molecule has 0 spiro atoms. The molecule has 0 aromatic rings. The van der Waals surface area contributed by atoms with Crippen molar-refractivity contribution in [3.8, 4) is 0 Å². The van der Waals surface area contributed by atoms with Crippen molar-refractivity contribution in [2.45, 2.75) is 118 Å². The van der Waals surface area contributed by atoms with E-state index < -0.39 is 104 Å². The standard InChI is InChI=1S/C27H51N9O14/c28-5-1-3-10(29)7-13(38)34-6-2-4-11(30)8-14(39)35-25(31)36-15-16(40)12(9-37)47-24(17(15)41)48-21-18(42)22(49-26(32)45)20(44)23(19(21)43)50-27(33)46/h10-12,15-24,37,40-44H,1-9,28-30H2,(H2,32,45)(H2,33,46)(H,34,38)(H3,31,35,36,39)/t10?,11?,12-,15+,16-,17+,18?,19?,20?,21?,22?,23?,24?/m1/s1. The number of hydrogen-bond acceptors (Lipinski definition) is 18. The molecule has 50 heavy (non-hydrogen) atoms. The van der Waals surface area contributed by atoms with Crippen LogP contribution in [0.3, 0.4) is 0 Å². The normalized spacial score (nSPS) is 32.7. The molecule has 23 nitrogen and oxygen atoms in total. The minimum atomic E-state index is -2.08. The summed E-state index contributed by atoms with van der Waals surface area (Å²) in [5, 5.41) is 68.5. The number of nitrogens with zero attached hydrogens (tertiary/aromatic N) is 1. The first-order chi connectivity index (χ1) is 23.5. The molecule has 4 amide bonds. The Bertz CT molecular complexity index is 1130. The van der Waals surface area contributed by atoms with E-state index in [1.807, 2.05) is 0 Å². The summed E-state index contributed by atoms with van der Waals surface area (Å²) in [4.78, 5) is 51.2. The number of ether oxygens (including phenoxy) is 4. The summed E-state index contributed by atoms with van der Waals surface area (Å²) < 4.78 is 20.3. The van der Waals surface area contributed by atoms with Gasteiger partial charge in [-0.2, -0.15) is 0 Å². The average molecular weight is 726 g/mol. The fraction of sp³-hybridized carbons (Fsp3) is 0.815. The van der Waals surface area contributed by atoms with Gasteiger partial charge in [-0.15, -0.1) is 0 Å². The largest absolute Gasteiger partial charge is 0.441 e. The highest BCUT2D eigenvalue weighted by molar-refractivity contribution is 5.96. The third-order valence-electron chi connectivity index (χ3n) is 7.97. The predicted octanol–water partition coefficient (Wildman–Crippen LogP) is -7.30. The van der Waals surface area contributed by atoms with E-state index in [1.165, 1.54) is 0 Å². The lowest BCUT2D eigenvalue weighted by atomic mass is 9.84. The van der Waals surface area contributed by atoms with Gasteiger partial charge in [-0.25, -0.2) is 14.6 Å². The number of aliphatic imine (C=N–C) groups is 1. The Kier molecular flexibility index (Phi) is 17.4. The van der Waals surface area contributed by atoms with Gasteiger partial charge in [0, 0.05) is 31.5 Å². The smallest absolute Gasteiger partial charge is 0.404 e. The van der Waals surface area contributed by atoms with Gasteiger partial charge in [0.2, 0.25) is 11.8 Å². The van der Waals surface area contributed by atoms with Gasteiger partial charge in [-0.05, 0) is 32.2 Å². The number of hydrogen-bond donors (Lipinski definition) is 14. The lowest BCUT2D eigenvalue weighted by Gasteiger charge is -2.47. The number of carbonyl (C=O) groups excluding carboxylic acids is 4. The van der Waals surface area contributed by atoms with Crippen molar-refractivity contribution in [1.29, 1.82) is 0 Å². The van der Waals surface area contributed by atoms with Crippen molar-refractivity contribution in [2.75, 3.05) is 19.7 Å². The van der Waals surface area contributed by atoms with Gasteiger partial charge in [-0.3, -0.25) is 14.9 Å². The molecular formula is C27H51N9O14. The van der Waals surface area contributed by atoms with Crippen molar-refractivity contribution < 1.29 is 68.8 Å². The van der Waals surface area contributed by atoms with Gasteiger partial charge >= 0.3 is 12.2 Å². The maximum atomic E-state index is 12.6. The summed E-state index contributed by atoms with van der Waals surface area (Å²) in [6.45, 7) is -0.0689. The number of carbonyl (C=O) groups is 4. The van der Waals surface area contributed by atoms with E-state index >= 15 is 0 Å². The summed E-state index contributed by atoms with van der Waals surface area (Å²) in [5.41, 5.74) is 33.2. The second kappa shape index (κ2) is 20.4. The maximum Gasteiger partial charge on any atom is 0.404 e. The van der Waals surface area contributed by atoms with Crippen LogP contribution in [0.5, 0.6) is 0 Å². The van der Waals surface area contributed by atoms with Gasteiger partial charge in [0.05, 0.1) is 6.61 Å². The van der Waals surface area contributed by atoms with Crippen LogP contribution in [0.25, 0.3) is 0 Å². The number of primary amides is 2. The van der Waals surface area contributed by atoms with Crippen LogP contribution in [-0.2, 0) is 28.5 Å². The summed E-state index contributed by atoms with van der Waals surface area (Å²) in [5.74, 6) is -1.47. The summed E-state index contributed by atoms with van der Waals surface area (Å²) >= 11 is 0. The van der Waals surface area contributed by atoms with Gasteiger partial charge in [0.15, 0.2) is 24.5 Å². The number of rotatable bonds is 17. The van der Waals surface area contributed by atoms with Crippen LogP contribution in [-0.4, -0.2) is 160 Å². The fourth-order valence-corrected chi connectivity index (χ4v) is 5.47. The molecule has 2 aliphatic rings. The van der Waals surface area contributed by atoms with E-state index in [0.717, 1.165) is 0 Å². The van der Waals surface area contributed by atoms with E-state index in [1.54, 1.807) is 0 Å². The van der Waals surface area contributed by atoms with Crippen LogP contribution in [0.4, 0.5) is 9.59 Å². The van der Waals surface area contributed by atoms with Crippen LogP contribution < -0.4 is 45.0 Å². The second-order valence-electron chi connectivity index (χ2n) is 12.0. The Balaban J connectivity index is 2.04. The zero-order valence-electron chi connectivity index (χ0n) is 27.2. The van der Waals surface area contributed by atoms with E-state index in [0.29, 0.717) is 38.8 Å². The number of amides is 4. The molecule has 1 saturated heterocycles. The number of aliphatic hydroxyl groups excluding tert-OH is 6. The Labute approximate surface area is 286 Å². The molecule has 1 saturated carbocycles. The van der Waals surface area contributed by atoms with Crippen molar-refractivity contribution in [3.05, 3.63) is 0 Å². The van der Waals surface area contributed by atoms with Crippen molar-refractivity contribution >= 4 is 30.0 Å². The predicted molar refractivity (Wildman–Crippen MR) is 169 cm³/mol.